The molecule has 0 saturated carbocycles. The first-order valence-corrected chi connectivity index (χ1v) is 4.74. The van der Waals surface area contributed by atoms with E-state index >= 15 is 0 Å². The molecular formula is C8H7O3S-. The number of hydrogen-bond donors (Lipinski definition) is 0. The fourth-order valence-corrected chi connectivity index (χ4v) is 1.05. The lowest BCUT2D eigenvalue weighted by atomic mass is 10.2. The zero-order valence-corrected chi connectivity index (χ0v) is 6.99. The third-order valence-corrected chi connectivity index (χ3v) is 1.70. The Bertz CT molecular complexity index is 365. The van der Waals surface area contributed by atoms with Gasteiger partial charge in [-0.15, -0.1) is 0 Å². The first-order valence-electron chi connectivity index (χ1n) is 3.27. The Balaban J connectivity index is 2.85. The number of rotatable bonds is 2. The molecule has 3 nitrogen and oxygen atoms in total. The van der Waals surface area contributed by atoms with Gasteiger partial charge < -0.3 is 4.55 Å². The molecule has 12 heavy (non-hydrogen) atoms. The zero-order valence-electron chi connectivity index (χ0n) is 6.17. The molecule has 0 amide bonds. The van der Waals surface area contributed by atoms with Crippen LogP contribution in [0.15, 0.2) is 35.7 Å². The van der Waals surface area contributed by atoms with Crippen LogP contribution in [0.3, 0.4) is 0 Å². The van der Waals surface area contributed by atoms with Gasteiger partial charge in [-0.2, -0.15) is 0 Å². The topological polar surface area (TPSA) is 57.2 Å². The molecule has 0 unspecified atom stereocenters. The van der Waals surface area contributed by atoms with Crippen molar-refractivity contribution in [3.63, 3.8) is 0 Å². The standard InChI is InChI=1S/C8H8O3S/c9-12(10,11)7-6-8-4-2-1-3-5-8/h1-7H,(H,9,10,11)/p-1/b7-6+. The first kappa shape index (κ1) is 8.96. The van der Waals surface area contributed by atoms with Crippen LogP contribution in [-0.2, 0) is 10.1 Å². The van der Waals surface area contributed by atoms with Crippen LogP contribution in [0.2, 0.25) is 0 Å². The molecule has 1 aromatic rings. The molecule has 0 heterocycles. The van der Waals surface area contributed by atoms with E-state index in [1.54, 1.807) is 24.3 Å². The Morgan fingerprint density at radius 1 is 1.17 bits per heavy atom. The summed E-state index contributed by atoms with van der Waals surface area (Å²) in [7, 11) is -4.25. The molecule has 0 radical (unpaired) electrons. The minimum absolute atomic E-state index is 0.641. The van der Waals surface area contributed by atoms with Crippen molar-refractivity contribution >= 4 is 16.2 Å². The van der Waals surface area contributed by atoms with Gasteiger partial charge in [-0.1, -0.05) is 30.3 Å². The maximum Gasteiger partial charge on any atom is 0.117 e. The molecule has 0 aliphatic rings. The number of hydrogen-bond acceptors (Lipinski definition) is 3. The summed E-state index contributed by atoms with van der Waals surface area (Å²) < 4.78 is 30.5. The van der Waals surface area contributed by atoms with Crippen molar-refractivity contribution in [2.24, 2.45) is 0 Å². The molecule has 0 aromatic heterocycles. The third kappa shape index (κ3) is 3.32. The molecule has 1 aromatic carbocycles. The fraction of sp³-hybridized carbons (Fsp3) is 0. The van der Waals surface area contributed by atoms with Gasteiger partial charge in [-0.25, -0.2) is 8.42 Å². The Morgan fingerprint density at radius 3 is 2.25 bits per heavy atom. The van der Waals surface area contributed by atoms with Gasteiger partial charge in [0.25, 0.3) is 0 Å². The Labute approximate surface area is 71.1 Å². The van der Waals surface area contributed by atoms with E-state index in [0.717, 1.165) is 0 Å². The van der Waals surface area contributed by atoms with E-state index in [0.29, 0.717) is 11.0 Å². The van der Waals surface area contributed by atoms with Crippen LogP contribution in [-0.4, -0.2) is 13.0 Å². The van der Waals surface area contributed by atoms with Crippen LogP contribution in [0.1, 0.15) is 5.56 Å². The molecule has 0 spiro atoms. The predicted octanol–water partition coefficient (Wildman–Crippen LogP) is 1.20. The molecule has 0 N–H and O–H groups in total. The molecule has 0 bridgehead atoms. The van der Waals surface area contributed by atoms with E-state index in [4.69, 9.17) is 0 Å². The van der Waals surface area contributed by atoms with Crippen LogP contribution in [0.4, 0.5) is 0 Å². The van der Waals surface area contributed by atoms with Crippen LogP contribution < -0.4 is 0 Å². The molecule has 0 saturated heterocycles. The second kappa shape index (κ2) is 3.51. The zero-order chi connectivity index (χ0) is 9.03. The Kier molecular flexibility index (Phi) is 2.62. The van der Waals surface area contributed by atoms with E-state index in [1.807, 2.05) is 6.07 Å². The van der Waals surface area contributed by atoms with Gasteiger partial charge in [-0.05, 0) is 11.6 Å². The van der Waals surface area contributed by atoms with Gasteiger partial charge in [0.05, 0.1) is 0 Å². The second-order valence-corrected chi connectivity index (χ2v) is 3.46. The average molecular weight is 183 g/mol. The molecule has 0 fully saturated rings. The van der Waals surface area contributed by atoms with E-state index in [9.17, 15) is 13.0 Å². The van der Waals surface area contributed by atoms with Crippen molar-refractivity contribution in [1.29, 1.82) is 0 Å². The summed E-state index contributed by atoms with van der Waals surface area (Å²) in [6.07, 6.45) is 1.27. The highest BCUT2D eigenvalue weighted by molar-refractivity contribution is 7.88. The lowest BCUT2D eigenvalue weighted by Gasteiger charge is -1.97. The SMILES string of the molecule is O=S(=O)([O-])/C=C/c1ccccc1. The largest absolute Gasteiger partial charge is 0.744 e. The van der Waals surface area contributed by atoms with Gasteiger partial charge in [0.2, 0.25) is 0 Å². The van der Waals surface area contributed by atoms with Gasteiger partial charge in [0, 0.05) is 5.41 Å². The lowest BCUT2D eigenvalue weighted by molar-refractivity contribution is 0.474. The summed E-state index contributed by atoms with van der Waals surface area (Å²) in [6, 6.07) is 8.75. The molecule has 1 rings (SSSR count). The van der Waals surface area contributed by atoms with Crippen molar-refractivity contribution in [2.75, 3.05) is 0 Å². The van der Waals surface area contributed by atoms with Crippen molar-refractivity contribution < 1.29 is 13.0 Å². The van der Waals surface area contributed by atoms with Crippen LogP contribution >= 0.6 is 0 Å². The third-order valence-electron chi connectivity index (χ3n) is 1.23. The smallest absolute Gasteiger partial charge is 0.117 e. The van der Waals surface area contributed by atoms with Gasteiger partial charge >= 0.3 is 0 Å². The van der Waals surface area contributed by atoms with E-state index < -0.39 is 10.1 Å². The van der Waals surface area contributed by atoms with Crippen LogP contribution in [0, 0.1) is 0 Å². The highest BCUT2D eigenvalue weighted by atomic mass is 32.2. The van der Waals surface area contributed by atoms with Crippen LogP contribution in [0.25, 0.3) is 6.08 Å². The average Bonchev–Trinajstić information content (AvgIpc) is 2.02. The fourth-order valence-electron chi connectivity index (χ4n) is 0.726. The summed E-state index contributed by atoms with van der Waals surface area (Å²) in [5, 5.41) is 0.641. The molecular weight excluding hydrogens is 176 g/mol. The quantitative estimate of drug-likeness (QED) is 0.647. The van der Waals surface area contributed by atoms with Crippen molar-refractivity contribution in [3.8, 4) is 0 Å². The lowest BCUT2D eigenvalue weighted by Crippen LogP contribution is -1.89. The van der Waals surface area contributed by atoms with Crippen molar-refractivity contribution in [1.82, 2.24) is 0 Å². The predicted molar refractivity (Wildman–Crippen MR) is 45.2 cm³/mol. The molecule has 4 heteroatoms. The van der Waals surface area contributed by atoms with Gasteiger partial charge in [-0.3, -0.25) is 0 Å². The summed E-state index contributed by atoms with van der Waals surface area (Å²) >= 11 is 0. The summed E-state index contributed by atoms with van der Waals surface area (Å²) in [4.78, 5) is 0. The van der Waals surface area contributed by atoms with Crippen LogP contribution in [0.5, 0.6) is 0 Å². The minimum Gasteiger partial charge on any atom is -0.744 e. The molecule has 0 aliphatic heterocycles. The van der Waals surface area contributed by atoms with Crippen molar-refractivity contribution in [3.05, 3.63) is 41.3 Å². The Morgan fingerprint density at radius 2 is 1.75 bits per heavy atom. The minimum atomic E-state index is -4.25. The number of benzene rings is 1. The van der Waals surface area contributed by atoms with E-state index in [1.165, 1.54) is 6.08 Å². The molecule has 0 aliphatic carbocycles. The highest BCUT2D eigenvalue weighted by Crippen LogP contribution is 2.01. The molecule has 64 valence electrons. The monoisotopic (exact) mass is 183 g/mol. The highest BCUT2D eigenvalue weighted by Gasteiger charge is 1.85. The first-order chi connectivity index (χ1) is 5.58. The maximum atomic E-state index is 10.2. The van der Waals surface area contributed by atoms with Crippen molar-refractivity contribution in [2.45, 2.75) is 0 Å². The summed E-state index contributed by atoms with van der Waals surface area (Å²) in [5.74, 6) is 0. The van der Waals surface area contributed by atoms with Gasteiger partial charge in [0.15, 0.2) is 0 Å². The summed E-state index contributed by atoms with van der Waals surface area (Å²) in [5.41, 5.74) is 0.692. The van der Waals surface area contributed by atoms with E-state index in [-0.39, 0.29) is 0 Å². The van der Waals surface area contributed by atoms with E-state index in [2.05, 4.69) is 0 Å². The summed E-state index contributed by atoms with van der Waals surface area (Å²) in [6.45, 7) is 0. The van der Waals surface area contributed by atoms with Gasteiger partial charge in [0.1, 0.15) is 10.1 Å². The normalized spacial score (nSPS) is 12.1. The Hall–Kier alpha value is -1.13. The molecule has 0 atom stereocenters. The maximum absolute atomic E-state index is 10.2. The second-order valence-electron chi connectivity index (χ2n) is 2.21.